The molecule has 11 heteroatoms. The molecule has 0 atom stereocenters. The van der Waals surface area contributed by atoms with Gasteiger partial charge in [-0.15, -0.1) is 13.2 Å². The topological polar surface area (TPSA) is 112 Å². The number of ether oxygens (including phenoxy) is 2. The van der Waals surface area contributed by atoms with Crippen molar-refractivity contribution in [3.63, 3.8) is 0 Å². The highest BCUT2D eigenvalue weighted by atomic mass is 19.4. The number of hydrogen-bond acceptors (Lipinski definition) is 6. The van der Waals surface area contributed by atoms with E-state index < -0.39 is 40.7 Å². The van der Waals surface area contributed by atoms with Gasteiger partial charge in [0.25, 0.3) is 11.3 Å². The Morgan fingerprint density at radius 1 is 1.48 bits per heavy atom. The van der Waals surface area contributed by atoms with Crippen molar-refractivity contribution < 1.29 is 32.4 Å². The van der Waals surface area contributed by atoms with Crippen LogP contribution in [0.3, 0.4) is 0 Å². The minimum absolute atomic E-state index is 0.0421. The molecular weight excluding hydrogens is 301 g/mol. The Labute approximate surface area is 114 Å². The van der Waals surface area contributed by atoms with Crippen LogP contribution in [0.2, 0.25) is 0 Å². The highest BCUT2D eigenvalue weighted by Gasteiger charge is 2.36. The molecule has 0 saturated heterocycles. The molecule has 0 aromatic carbocycles. The number of pyridine rings is 1. The molecule has 8 nitrogen and oxygen atoms in total. The van der Waals surface area contributed by atoms with Gasteiger partial charge in [0.2, 0.25) is 0 Å². The predicted molar refractivity (Wildman–Crippen MR) is 60.7 cm³/mol. The number of carbonyl (C=O) groups excluding carboxylic acids is 1. The average Bonchev–Trinajstić information content (AvgIpc) is 2.30. The fourth-order valence-corrected chi connectivity index (χ4v) is 1.40. The van der Waals surface area contributed by atoms with Crippen LogP contribution in [0.25, 0.3) is 0 Å². The SMILES string of the molecule is CCOC(=O)Cc1cc([N+](=O)[O-])c(OC(F)(F)F)c(=O)[nH]1. The number of aromatic amines is 1. The zero-order valence-corrected chi connectivity index (χ0v) is 10.5. The fourth-order valence-electron chi connectivity index (χ4n) is 1.40. The second-order valence-electron chi connectivity index (χ2n) is 3.62. The number of alkyl halides is 3. The third-order valence-electron chi connectivity index (χ3n) is 2.08. The number of nitrogens with one attached hydrogen (secondary N) is 1. The van der Waals surface area contributed by atoms with Gasteiger partial charge in [-0.25, -0.2) is 0 Å². The van der Waals surface area contributed by atoms with E-state index in [-0.39, 0.29) is 12.3 Å². The molecule has 0 spiro atoms. The van der Waals surface area contributed by atoms with Crippen LogP contribution < -0.4 is 10.3 Å². The monoisotopic (exact) mass is 310 g/mol. The summed E-state index contributed by atoms with van der Waals surface area (Å²) < 4.78 is 44.2. The van der Waals surface area contributed by atoms with E-state index in [9.17, 15) is 32.9 Å². The van der Waals surface area contributed by atoms with E-state index in [0.29, 0.717) is 6.07 Å². The van der Waals surface area contributed by atoms with Crippen LogP contribution in [-0.2, 0) is 16.0 Å². The minimum atomic E-state index is -5.26. The van der Waals surface area contributed by atoms with Crippen molar-refractivity contribution in [2.24, 2.45) is 0 Å². The number of rotatable bonds is 5. The standard InChI is InChI=1S/C10H9F3N2O6/c1-2-20-7(16)4-5-3-6(15(18)19)8(9(17)14-5)21-10(11,12)13/h3H,2,4H2,1H3,(H,14,17). The van der Waals surface area contributed by atoms with Crippen molar-refractivity contribution in [1.82, 2.24) is 4.98 Å². The van der Waals surface area contributed by atoms with Gasteiger partial charge >= 0.3 is 18.0 Å². The first-order valence-corrected chi connectivity index (χ1v) is 5.46. The lowest BCUT2D eigenvalue weighted by molar-refractivity contribution is -0.389. The van der Waals surface area contributed by atoms with Gasteiger partial charge in [0.05, 0.1) is 18.0 Å². The van der Waals surface area contributed by atoms with Gasteiger partial charge in [0, 0.05) is 11.8 Å². The first-order chi connectivity index (χ1) is 9.64. The number of carbonyl (C=O) groups is 1. The summed E-state index contributed by atoms with van der Waals surface area (Å²) in [7, 11) is 0. The summed E-state index contributed by atoms with van der Waals surface area (Å²) in [6.45, 7) is 1.56. The van der Waals surface area contributed by atoms with Crippen LogP contribution in [-0.4, -0.2) is 28.8 Å². The van der Waals surface area contributed by atoms with Gasteiger partial charge in [-0.1, -0.05) is 0 Å². The van der Waals surface area contributed by atoms with Crippen LogP contribution in [0.15, 0.2) is 10.9 Å². The fraction of sp³-hybridized carbons (Fsp3) is 0.400. The van der Waals surface area contributed by atoms with Crippen molar-refractivity contribution in [2.75, 3.05) is 6.61 Å². The minimum Gasteiger partial charge on any atom is -0.466 e. The smallest absolute Gasteiger partial charge is 0.466 e. The second-order valence-corrected chi connectivity index (χ2v) is 3.62. The normalized spacial score (nSPS) is 11.0. The summed E-state index contributed by atoms with van der Waals surface area (Å²) in [4.78, 5) is 34.0. The summed E-state index contributed by atoms with van der Waals surface area (Å²) in [6, 6.07) is 0.611. The quantitative estimate of drug-likeness (QED) is 0.498. The van der Waals surface area contributed by atoms with E-state index in [1.807, 2.05) is 4.98 Å². The van der Waals surface area contributed by atoms with E-state index in [1.54, 1.807) is 0 Å². The maximum atomic E-state index is 12.1. The van der Waals surface area contributed by atoms with Crippen LogP contribution in [0.5, 0.6) is 5.75 Å². The molecule has 0 aliphatic rings. The highest BCUT2D eigenvalue weighted by Crippen LogP contribution is 2.28. The van der Waals surface area contributed by atoms with Crippen LogP contribution >= 0.6 is 0 Å². The van der Waals surface area contributed by atoms with Crippen molar-refractivity contribution in [2.45, 2.75) is 19.7 Å². The van der Waals surface area contributed by atoms with Crippen molar-refractivity contribution in [1.29, 1.82) is 0 Å². The molecule has 0 unspecified atom stereocenters. The lowest BCUT2D eigenvalue weighted by Gasteiger charge is -2.09. The average molecular weight is 310 g/mol. The Balaban J connectivity index is 3.22. The Bertz CT molecular complexity index is 610. The lowest BCUT2D eigenvalue weighted by Crippen LogP contribution is -2.25. The molecular formula is C10H9F3N2O6. The van der Waals surface area contributed by atoms with Crippen molar-refractivity contribution in [3.8, 4) is 5.75 Å². The van der Waals surface area contributed by atoms with Crippen LogP contribution in [0, 0.1) is 10.1 Å². The van der Waals surface area contributed by atoms with E-state index >= 15 is 0 Å². The molecule has 1 aromatic heterocycles. The first-order valence-electron chi connectivity index (χ1n) is 5.46. The molecule has 1 rings (SSSR count). The maximum Gasteiger partial charge on any atom is 0.573 e. The molecule has 0 aliphatic heterocycles. The Hall–Kier alpha value is -2.59. The molecule has 1 aromatic rings. The van der Waals surface area contributed by atoms with Gasteiger partial charge in [-0.05, 0) is 6.92 Å². The molecule has 0 saturated carbocycles. The van der Waals surface area contributed by atoms with Gasteiger partial charge in [-0.2, -0.15) is 0 Å². The Morgan fingerprint density at radius 3 is 2.57 bits per heavy atom. The largest absolute Gasteiger partial charge is 0.573 e. The van der Waals surface area contributed by atoms with Gasteiger partial charge in [0.15, 0.2) is 0 Å². The third kappa shape index (κ3) is 4.78. The van der Waals surface area contributed by atoms with E-state index in [4.69, 9.17) is 0 Å². The summed E-state index contributed by atoms with van der Waals surface area (Å²) in [6.07, 6.45) is -5.80. The Morgan fingerprint density at radius 2 is 2.10 bits per heavy atom. The van der Waals surface area contributed by atoms with E-state index in [0.717, 1.165) is 0 Å². The van der Waals surface area contributed by atoms with E-state index in [1.165, 1.54) is 6.92 Å². The van der Waals surface area contributed by atoms with Gasteiger partial charge < -0.3 is 14.5 Å². The molecule has 0 fully saturated rings. The Kier molecular flexibility index (Phi) is 4.89. The molecule has 21 heavy (non-hydrogen) atoms. The van der Waals surface area contributed by atoms with Crippen LogP contribution in [0.4, 0.5) is 18.9 Å². The summed E-state index contributed by atoms with van der Waals surface area (Å²) >= 11 is 0. The third-order valence-corrected chi connectivity index (χ3v) is 2.08. The molecule has 0 bridgehead atoms. The summed E-state index contributed by atoms with van der Waals surface area (Å²) in [5, 5.41) is 10.7. The maximum absolute atomic E-state index is 12.1. The summed E-state index contributed by atoms with van der Waals surface area (Å²) in [5.41, 5.74) is -2.93. The molecule has 0 radical (unpaired) electrons. The number of esters is 1. The molecule has 0 amide bonds. The molecule has 0 aliphatic carbocycles. The first kappa shape index (κ1) is 16.5. The number of halogens is 3. The number of nitro groups is 1. The summed E-state index contributed by atoms with van der Waals surface area (Å²) in [5.74, 6) is -2.30. The van der Waals surface area contributed by atoms with Crippen molar-refractivity contribution >= 4 is 11.7 Å². The lowest BCUT2D eigenvalue weighted by atomic mass is 10.2. The van der Waals surface area contributed by atoms with Crippen LogP contribution in [0.1, 0.15) is 12.6 Å². The van der Waals surface area contributed by atoms with Gasteiger partial charge in [0.1, 0.15) is 0 Å². The zero-order chi connectivity index (χ0) is 16.2. The van der Waals surface area contributed by atoms with E-state index in [2.05, 4.69) is 9.47 Å². The predicted octanol–water partition coefficient (Wildman–Crippen LogP) is 1.29. The molecule has 1 N–H and O–H groups in total. The number of aromatic nitrogens is 1. The number of H-pyrrole nitrogens is 1. The number of hydrogen-bond donors (Lipinski definition) is 1. The zero-order valence-electron chi connectivity index (χ0n) is 10.5. The molecule has 1 heterocycles. The highest BCUT2D eigenvalue weighted by molar-refractivity contribution is 5.72. The number of nitrogens with zero attached hydrogens (tertiary/aromatic N) is 1. The second kappa shape index (κ2) is 6.24. The molecule has 116 valence electrons. The van der Waals surface area contributed by atoms with Gasteiger partial charge in [-0.3, -0.25) is 19.7 Å². The van der Waals surface area contributed by atoms with Crippen molar-refractivity contribution in [3.05, 3.63) is 32.2 Å².